The number of aromatic nitrogens is 2. The van der Waals surface area contributed by atoms with Crippen LogP contribution in [0.3, 0.4) is 0 Å². The molecule has 0 aliphatic rings. The number of aryl methyl sites for hydroxylation is 2. The van der Waals surface area contributed by atoms with Crippen LogP contribution in [0, 0.1) is 62.2 Å². The highest BCUT2D eigenvalue weighted by Gasteiger charge is 2.16. The zero-order valence-electron chi connectivity index (χ0n) is 27.3. The standard InChI is InChI=1S/C20H15FN2O.C12H11IN2O.C8H5F/c1-3-23-19(11-6-14-4-7-15(21)8-5-14)18(13-22)17-10-9-16(24-2)12-20(17)23;1-3-15-11-6-8(16-2)4-5-9(11)10(7-14)12(15)13;1-2-7-3-5-8(9)6-4-7/h4-5,7-10,12H,3H2,1-2H3;4-6H,3H2,1-2H3;1,3-6H. The van der Waals surface area contributed by atoms with Crippen molar-refractivity contribution in [3.63, 3.8) is 0 Å². The molecule has 244 valence electrons. The summed E-state index contributed by atoms with van der Waals surface area (Å²) in [5, 5.41) is 20.6. The fourth-order valence-corrected chi connectivity index (χ4v) is 6.09. The van der Waals surface area contributed by atoms with Crippen LogP contribution in [0.25, 0.3) is 21.8 Å². The highest BCUT2D eigenvalue weighted by molar-refractivity contribution is 14.1. The molecule has 0 amide bonds. The molecular weight excluding hydrogens is 733 g/mol. The van der Waals surface area contributed by atoms with Gasteiger partial charge in [0.2, 0.25) is 0 Å². The van der Waals surface area contributed by atoms with Crippen molar-refractivity contribution in [3.05, 3.63) is 128 Å². The van der Waals surface area contributed by atoms with Crippen LogP contribution in [0.1, 0.15) is 41.8 Å². The van der Waals surface area contributed by atoms with Crippen molar-refractivity contribution in [2.45, 2.75) is 26.9 Å². The predicted molar refractivity (Wildman–Crippen MR) is 197 cm³/mol. The molecule has 0 radical (unpaired) electrons. The zero-order valence-corrected chi connectivity index (χ0v) is 29.5. The fourth-order valence-electron chi connectivity index (χ4n) is 5.08. The normalized spacial score (nSPS) is 9.88. The van der Waals surface area contributed by atoms with Crippen LogP contribution in [-0.2, 0) is 13.1 Å². The Morgan fingerprint density at radius 3 is 1.59 bits per heavy atom. The zero-order chi connectivity index (χ0) is 35.5. The third-order valence-electron chi connectivity index (χ3n) is 7.52. The third-order valence-corrected chi connectivity index (χ3v) is 8.64. The van der Waals surface area contributed by atoms with E-state index in [-0.39, 0.29) is 11.6 Å². The lowest BCUT2D eigenvalue weighted by Gasteiger charge is -2.04. The van der Waals surface area contributed by atoms with E-state index in [1.807, 2.05) is 47.9 Å². The van der Waals surface area contributed by atoms with Crippen molar-refractivity contribution >= 4 is 44.4 Å². The van der Waals surface area contributed by atoms with Crippen LogP contribution >= 0.6 is 22.6 Å². The molecule has 0 unspecified atom stereocenters. The molecule has 0 N–H and O–H groups in total. The molecule has 9 heteroatoms. The summed E-state index contributed by atoms with van der Waals surface area (Å²) in [4.78, 5) is 0. The summed E-state index contributed by atoms with van der Waals surface area (Å²) in [6.45, 7) is 5.60. The lowest BCUT2D eigenvalue weighted by Crippen LogP contribution is -1.98. The Morgan fingerprint density at radius 2 is 1.14 bits per heavy atom. The van der Waals surface area contributed by atoms with Gasteiger partial charge in [0.1, 0.15) is 41.0 Å². The maximum atomic E-state index is 13.0. The first-order valence-corrected chi connectivity index (χ1v) is 16.2. The van der Waals surface area contributed by atoms with Crippen LogP contribution in [0.2, 0.25) is 0 Å². The first kappa shape index (κ1) is 36.1. The van der Waals surface area contributed by atoms with E-state index in [2.05, 4.69) is 64.0 Å². The molecule has 0 atom stereocenters. The monoisotopic (exact) mass is 764 g/mol. The molecule has 0 saturated carbocycles. The van der Waals surface area contributed by atoms with Gasteiger partial charge in [-0.25, -0.2) is 8.78 Å². The Hall–Kier alpha value is -5.75. The molecule has 4 aromatic carbocycles. The molecule has 2 heterocycles. The Balaban J connectivity index is 0.000000185. The van der Waals surface area contributed by atoms with Crippen LogP contribution in [0.5, 0.6) is 11.5 Å². The van der Waals surface area contributed by atoms with E-state index in [1.54, 1.807) is 38.5 Å². The largest absolute Gasteiger partial charge is 0.497 e. The number of terminal acetylenes is 1. The molecule has 6 rings (SSSR count). The van der Waals surface area contributed by atoms with Gasteiger partial charge in [0.25, 0.3) is 0 Å². The summed E-state index contributed by atoms with van der Waals surface area (Å²) in [6, 6.07) is 27.7. The Labute approximate surface area is 298 Å². The van der Waals surface area contributed by atoms with Gasteiger partial charge in [0.15, 0.2) is 0 Å². The van der Waals surface area contributed by atoms with E-state index >= 15 is 0 Å². The van der Waals surface area contributed by atoms with Crippen molar-refractivity contribution < 1.29 is 18.3 Å². The van der Waals surface area contributed by atoms with Gasteiger partial charge < -0.3 is 18.6 Å². The van der Waals surface area contributed by atoms with Gasteiger partial charge in [0, 0.05) is 47.1 Å². The Kier molecular flexibility index (Phi) is 12.4. The molecule has 6 aromatic rings. The molecule has 6 nitrogen and oxygen atoms in total. The van der Waals surface area contributed by atoms with Gasteiger partial charge in [-0.05, 0) is 115 Å². The number of benzene rings is 4. The second-order valence-corrected chi connectivity index (χ2v) is 11.3. The van der Waals surface area contributed by atoms with E-state index in [9.17, 15) is 14.0 Å². The Morgan fingerprint density at radius 1 is 0.673 bits per heavy atom. The lowest BCUT2D eigenvalue weighted by molar-refractivity contribution is 0.415. The molecule has 0 fully saturated rings. The third kappa shape index (κ3) is 8.22. The van der Waals surface area contributed by atoms with Crippen molar-refractivity contribution in [1.29, 1.82) is 10.5 Å². The van der Waals surface area contributed by atoms with Crippen LogP contribution < -0.4 is 9.47 Å². The fraction of sp³-hybridized carbons (Fsp3) is 0.150. The Bertz CT molecular complexity index is 2290. The van der Waals surface area contributed by atoms with E-state index in [0.717, 1.165) is 49.1 Å². The highest BCUT2D eigenvalue weighted by Crippen LogP contribution is 2.30. The van der Waals surface area contributed by atoms with Crippen LogP contribution in [0.4, 0.5) is 8.78 Å². The van der Waals surface area contributed by atoms with Gasteiger partial charge in [-0.15, -0.1) is 6.42 Å². The van der Waals surface area contributed by atoms with E-state index in [0.29, 0.717) is 28.9 Å². The van der Waals surface area contributed by atoms with E-state index < -0.39 is 0 Å². The number of halogens is 3. The molecule has 0 saturated heterocycles. The maximum absolute atomic E-state index is 13.0. The highest BCUT2D eigenvalue weighted by atomic mass is 127. The number of nitriles is 2. The SMILES string of the molecule is C#Cc1ccc(F)cc1.CCn1c(C#Cc2ccc(F)cc2)c(C#N)c2ccc(OC)cc21.CCn1c(I)c(C#N)c2ccc(OC)cc21. The average molecular weight is 765 g/mol. The number of nitrogens with zero attached hydrogens (tertiary/aromatic N) is 4. The average Bonchev–Trinajstić information content (AvgIpc) is 3.59. The summed E-state index contributed by atoms with van der Waals surface area (Å²) < 4.78 is 40.7. The van der Waals surface area contributed by atoms with Crippen molar-refractivity contribution in [2.24, 2.45) is 0 Å². The molecule has 0 aliphatic carbocycles. The summed E-state index contributed by atoms with van der Waals surface area (Å²) in [5.74, 6) is 9.47. The summed E-state index contributed by atoms with van der Waals surface area (Å²) >= 11 is 2.22. The van der Waals surface area contributed by atoms with Gasteiger partial charge in [0.05, 0.1) is 40.1 Å². The number of rotatable bonds is 4. The first-order valence-electron chi connectivity index (χ1n) is 15.1. The van der Waals surface area contributed by atoms with Gasteiger partial charge in [-0.3, -0.25) is 0 Å². The van der Waals surface area contributed by atoms with Crippen LogP contribution in [0.15, 0.2) is 84.9 Å². The first-order chi connectivity index (χ1) is 23.7. The quantitative estimate of drug-likeness (QED) is 0.133. The molecule has 0 spiro atoms. The summed E-state index contributed by atoms with van der Waals surface area (Å²) in [7, 11) is 3.26. The summed E-state index contributed by atoms with van der Waals surface area (Å²) in [6.07, 6.45) is 5.03. The van der Waals surface area contributed by atoms with Gasteiger partial charge >= 0.3 is 0 Å². The second-order valence-electron chi connectivity index (χ2n) is 10.3. The number of fused-ring (bicyclic) bond motifs is 2. The number of methoxy groups -OCH3 is 2. The van der Waals surface area contributed by atoms with Crippen molar-refractivity contribution in [1.82, 2.24) is 9.13 Å². The van der Waals surface area contributed by atoms with Crippen molar-refractivity contribution in [2.75, 3.05) is 14.2 Å². The maximum Gasteiger partial charge on any atom is 0.123 e. The number of hydrogen-bond donors (Lipinski definition) is 0. The molecule has 2 aromatic heterocycles. The minimum atomic E-state index is -0.298. The lowest BCUT2D eigenvalue weighted by atomic mass is 10.1. The molecular formula is C40H31F2IN4O2. The molecule has 0 bridgehead atoms. The van der Waals surface area contributed by atoms with Crippen LogP contribution in [-0.4, -0.2) is 23.4 Å². The van der Waals surface area contributed by atoms with Gasteiger partial charge in [-0.2, -0.15) is 10.5 Å². The molecule has 49 heavy (non-hydrogen) atoms. The van der Waals surface area contributed by atoms with Gasteiger partial charge in [-0.1, -0.05) is 11.8 Å². The number of ether oxygens (including phenoxy) is 2. The topological polar surface area (TPSA) is 75.9 Å². The summed E-state index contributed by atoms with van der Waals surface area (Å²) in [5.41, 5.74) is 5.33. The minimum absolute atomic E-state index is 0.256. The molecule has 0 aliphatic heterocycles. The predicted octanol–water partition coefficient (Wildman–Crippen LogP) is 9.03. The second kappa shape index (κ2) is 16.9. The van der Waals surface area contributed by atoms with E-state index in [4.69, 9.17) is 21.2 Å². The number of hydrogen-bond acceptors (Lipinski definition) is 4. The minimum Gasteiger partial charge on any atom is -0.497 e. The van der Waals surface area contributed by atoms with E-state index in [1.165, 1.54) is 24.3 Å². The smallest absolute Gasteiger partial charge is 0.123 e. The van der Waals surface area contributed by atoms with Crippen molar-refractivity contribution in [3.8, 4) is 47.8 Å².